The topological polar surface area (TPSA) is 8.17 Å². The molecular weight excluding hydrogens is 717 g/mol. The summed E-state index contributed by atoms with van der Waals surface area (Å²) in [6.07, 6.45) is 0. The molecule has 0 atom stereocenters. The van der Waals surface area contributed by atoms with Gasteiger partial charge >= 0.3 is 0 Å². The van der Waals surface area contributed by atoms with Gasteiger partial charge in [-0.15, -0.1) is 22.7 Å². The molecule has 3 aromatic heterocycles. The fourth-order valence-corrected chi connectivity index (χ4v) is 11.0. The van der Waals surface area contributed by atoms with E-state index in [0.29, 0.717) is 0 Å². The minimum atomic E-state index is 1.13. The molecule has 0 unspecified atom stereocenters. The SMILES string of the molecule is c1ccc2cc3c(cc2c1)c1ccccc1n3-c1ccc(-c2ccc(N(c3ccc4c(c3)sc3ccccc34)c3ccc4c(c3)sc3ccccc34)cc2)cc1. The summed E-state index contributed by atoms with van der Waals surface area (Å²) >= 11 is 3.73. The largest absolute Gasteiger partial charge is 0.310 e. The molecule has 9 aromatic carbocycles. The molecule has 0 spiro atoms. The van der Waals surface area contributed by atoms with Crippen molar-refractivity contribution in [2.75, 3.05) is 4.90 Å². The van der Waals surface area contributed by atoms with E-state index in [-0.39, 0.29) is 0 Å². The molecule has 262 valence electrons. The van der Waals surface area contributed by atoms with Crippen LogP contribution in [0.25, 0.3) is 89.7 Å². The van der Waals surface area contributed by atoms with Crippen LogP contribution in [-0.2, 0) is 0 Å². The fourth-order valence-electron chi connectivity index (χ4n) is 8.69. The van der Waals surface area contributed by atoms with E-state index in [2.05, 4.69) is 204 Å². The molecule has 0 aliphatic heterocycles. The Morgan fingerprint density at radius 2 is 0.804 bits per heavy atom. The third-order valence-corrected chi connectivity index (χ3v) is 13.6. The highest BCUT2D eigenvalue weighted by Crippen LogP contribution is 2.44. The number of thiophene rings is 2. The van der Waals surface area contributed by atoms with E-state index in [1.807, 2.05) is 22.7 Å². The van der Waals surface area contributed by atoms with Crippen molar-refractivity contribution < 1.29 is 0 Å². The van der Waals surface area contributed by atoms with E-state index in [4.69, 9.17) is 0 Å². The van der Waals surface area contributed by atoms with Crippen molar-refractivity contribution >= 4 is 113 Å². The van der Waals surface area contributed by atoms with Crippen molar-refractivity contribution in [1.82, 2.24) is 4.57 Å². The second-order valence-corrected chi connectivity index (χ2v) is 16.7. The second kappa shape index (κ2) is 12.4. The van der Waals surface area contributed by atoms with Crippen molar-refractivity contribution in [2.24, 2.45) is 0 Å². The number of hydrogen-bond donors (Lipinski definition) is 0. The molecule has 12 aromatic rings. The minimum Gasteiger partial charge on any atom is -0.310 e. The molecule has 0 aliphatic carbocycles. The lowest BCUT2D eigenvalue weighted by atomic mass is 10.0. The molecule has 0 radical (unpaired) electrons. The third-order valence-electron chi connectivity index (χ3n) is 11.4. The number of benzene rings is 9. The van der Waals surface area contributed by atoms with Gasteiger partial charge in [0.05, 0.1) is 11.0 Å². The number of aromatic nitrogens is 1. The van der Waals surface area contributed by atoms with Gasteiger partial charge in [0.25, 0.3) is 0 Å². The lowest BCUT2D eigenvalue weighted by Crippen LogP contribution is -2.09. The molecule has 0 saturated carbocycles. The smallest absolute Gasteiger partial charge is 0.0547 e. The monoisotopic (exact) mass is 748 g/mol. The Bertz CT molecular complexity index is 3360. The summed E-state index contributed by atoms with van der Waals surface area (Å²) in [4.78, 5) is 2.41. The maximum absolute atomic E-state index is 2.41. The molecule has 0 fully saturated rings. The van der Waals surface area contributed by atoms with Crippen LogP contribution in [0.15, 0.2) is 194 Å². The van der Waals surface area contributed by atoms with Crippen LogP contribution in [-0.4, -0.2) is 4.57 Å². The Morgan fingerprint density at radius 3 is 1.43 bits per heavy atom. The molecule has 3 heterocycles. The van der Waals surface area contributed by atoms with Crippen LogP contribution in [0.5, 0.6) is 0 Å². The summed E-state index contributed by atoms with van der Waals surface area (Å²) in [5, 5.41) is 10.3. The first-order valence-electron chi connectivity index (χ1n) is 19.0. The van der Waals surface area contributed by atoms with Crippen molar-refractivity contribution in [2.45, 2.75) is 0 Å². The van der Waals surface area contributed by atoms with E-state index in [0.717, 1.165) is 22.7 Å². The van der Waals surface area contributed by atoms with Gasteiger partial charge in [0.15, 0.2) is 0 Å². The van der Waals surface area contributed by atoms with E-state index in [9.17, 15) is 0 Å². The fraction of sp³-hybridized carbons (Fsp3) is 0. The van der Waals surface area contributed by atoms with Crippen molar-refractivity contribution in [3.63, 3.8) is 0 Å². The van der Waals surface area contributed by atoms with Gasteiger partial charge in [-0.2, -0.15) is 0 Å². The number of nitrogens with zero attached hydrogens (tertiary/aromatic N) is 2. The van der Waals surface area contributed by atoms with Gasteiger partial charge in [0, 0.05) is 73.9 Å². The Labute approximate surface area is 331 Å². The van der Waals surface area contributed by atoms with Gasteiger partial charge in [-0.05, 0) is 101 Å². The van der Waals surface area contributed by atoms with E-state index < -0.39 is 0 Å². The zero-order chi connectivity index (χ0) is 36.7. The Morgan fingerprint density at radius 1 is 0.321 bits per heavy atom. The molecule has 0 saturated heterocycles. The summed E-state index contributed by atoms with van der Waals surface area (Å²) < 4.78 is 7.64. The first-order chi connectivity index (χ1) is 27.7. The van der Waals surface area contributed by atoms with E-state index >= 15 is 0 Å². The molecule has 0 bridgehead atoms. The van der Waals surface area contributed by atoms with Gasteiger partial charge in [0.1, 0.15) is 0 Å². The molecule has 12 rings (SSSR count). The standard InChI is InChI=1S/C52H32N2S2/c1-2-10-36-30-48-46(29-35(36)9-1)41-11-3-6-14-47(41)54(48)38-23-19-34(20-24-38)33-17-21-37(22-18-33)53(39-25-27-44-42-12-4-7-15-49(42)55-51(44)31-39)40-26-28-45-43-13-5-8-16-50(43)56-52(45)32-40/h1-32H. The predicted octanol–water partition coefficient (Wildman–Crippen LogP) is 15.8. The van der Waals surface area contributed by atoms with Crippen molar-refractivity contribution in [1.29, 1.82) is 0 Å². The van der Waals surface area contributed by atoms with Crippen LogP contribution in [0.3, 0.4) is 0 Å². The first-order valence-corrected chi connectivity index (χ1v) is 20.6. The van der Waals surface area contributed by atoms with Gasteiger partial charge in [-0.25, -0.2) is 0 Å². The number of anilines is 3. The zero-order valence-electron chi connectivity index (χ0n) is 30.2. The highest BCUT2D eigenvalue weighted by molar-refractivity contribution is 7.26. The lowest BCUT2D eigenvalue weighted by molar-refractivity contribution is 1.18. The van der Waals surface area contributed by atoms with Crippen LogP contribution < -0.4 is 4.90 Å². The van der Waals surface area contributed by atoms with Crippen LogP contribution in [0.1, 0.15) is 0 Å². The van der Waals surface area contributed by atoms with Crippen LogP contribution >= 0.6 is 22.7 Å². The lowest BCUT2D eigenvalue weighted by Gasteiger charge is -2.26. The molecule has 0 amide bonds. The van der Waals surface area contributed by atoms with E-state index in [1.54, 1.807) is 0 Å². The molecule has 0 aliphatic rings. The summed E-state index contributed by atoms with van der Waals surface area (Å²) in [7, 11) is 0. The second-order valence-electron chi connectivity index (χ2n) is 14.6. The summed E-state index contributed by atoms with van der Waals surface area (Å²) in [6.45, 7) is 0. The first kappa shape index (κ1) is 31.6. The van der Waals surface area contributed by atoms with Gasteiger partial charge in [0.2, 0.25) is 0 Å². The number of para-hydroxylation sites is 1. The normalized spacial score (nSPS) is 11.9. The average molecular weight is 749 g/mol. The van der Waals surface area contributed by atoms with Gasteiger partial charge in [-0.3, -0.25) is 0 Å². The Balaban J connectivity index is 0.945. The van der Waals surface area contributed by atoms with Crippen molar-refractivity contribution in [3.05, 3.63) is 194 Å². The van der Waals surface area contributed by atoms with Crippen molar-refractivity contribution in [3.8, 4) is 16.8 Å². The third kappa shape index (κ3) is 4.93. The summed E-state index contributed by atoms with van der Waals surface area (Å²) in [5.74, 6) is 0. The predicted molar refractivity (Wildman–Crippen MR) is 244 cm³/mol. The number of rotatable bonds is 5. The molecule has 4 heteroatoms. The molecule has 2 nitrogen and oxygen atoms in total. The quantitative estimate of drug-likeness (QED) is 0.170. The van der Waals surface area contributed by atoms with Crippen LogP contribution in [0.2, 0.25) is 0 Å². The average Bonchev–Trinajstić information content (AvgIpc) is 3.92. The zero-order valence-corrected chi connectivity index (χ0v) is 31.8. The number of hydrogen-bond acceptors (Lipinski definition) is 3. The molecule has 0 N–H and O–H groups in total. The molecular formula is C52H32N2S2. The number of fused-ring (bicyclic) bond motifs is 10. The van der Waals surface area contributed by atoms with Gasteiger partial charge in [-0.1, -0.05) is 115 Å². The maximum atomic E-state index is 2.41. The Kier molecular flexibility index (Phi) is 7.00. The van der Waals surface area contributed by atoms with Gasteiger partial charge < -0.3 is 9.47 Å². The highest BCUT2D eigenvalue weighted by Gasteiger charge is 2.18. The minimum absolute atomic E-state index is 1.13. The van der Waals surface area contributed by atoms with Crippen LogP contribution in [0, 0.1) is 0 Å². The summed E-state index contributed by atoms with van der Waals surface area (Å²) in [5.41, 5.74) is 9.42. The summed E-state index contributed by atoms with van der Waals surface area (Å²) in [6, 6.07) is 71.5. The Hall–Kier alpha value is -6.72. The van der Waals surface area contributed by atoms with E-state index in [1.165, 1.54) is 84.0 Å². The maximum Gasteiger partial charge on any atom is 0.0547 e. The molecule has 56 heavy (non-hydrogen) atoms. The highest BCUT2D eigenvalue weighted by atomic mass is 32.1. The van der Waals surface area contributed by atoms with Crippen LogP contribution in [0.4, 0.5) is 17.1 Å².